The number of nitrogens with two attached hydrogens (primary N) is 1. The van der Waals surface area contributed by atoms with Gasteiger partial charge in [-0.05, 0) is 25.1 Å². The first-order valence-electron chi connectivity index (χ1n) is 5.49. The summed E-state index contributed by atoms with van der Waals surface area (Å²) < 4.78 is 10.6. The van der Waals surface area contributed by atoms with Crippen molar-refractivity contribution in [1.82, 2.24) is 4.98 Å². The minimum absolute atomic E-state index is 0.525. The molecule has 2 aromatic rings. The third-order valence-corrected chi connectivity index (χ3v) is 2.58. The molecule has 1 aromatic heterocycles. The zero-order chi connectivity index (χ0) is 12.3. The fourth-order valence-corrected chi connectivity index (χ4v) is 1.70. The molecule has 1 aromatic carbocycles. The van der Waals surface area contributed by atoms with E-state index in [2.05, 4.69) is 4.98 Å². The van der Waals surface area contributed by atoms with Crippen LogP contribution in [0.1, 0.15) is 5.69 Å². The predicted octanol–water partition coefficient (Wildman–Crippen LogP) is 2.15. The smallest absolute Gasteiger partial charge is 0.127 e. The SMILES string of the molecule is COCCOc1ccc(N)c2cnc(C)cc12. The molecule has 17 heavy (non-hydrogen) atoms. The lowest BCUT2D eigenvalue weighted by Gasteiger charge is -2.10. The number of pyridine rings is 1. The number of methoxy groups -OCH3 is 1. The molecule has 0 bridgehead atoms. The van der Waals surface area contributed by atoms with Gasteiger partial charge in [0.2, 0.25) is 0 Å². The first-order chi connectivity index (χ1) is 8.22. The molecule has 0 spiro atoms. The van der Waals surface area contributed by atoms with Crippen LogP contribution in [0, 0.1) is 6.92 Å². The minimum Gasteiger partial charge on any atom is -0.491 e. The summed E-state index contributed by atoms with van der Waals surface area (Å²) in [5.41, 5.74) is 7.57. The largest absolute Gasteiger partial charge is 0.491 e. The van der Waals surface area contributed by atoms with Gasteiger partial charge in [-0.3, -0.25) is 4.98 Å². The average molecular weight is 232 g/mol. The van der Waals surface area contributed by atoms with Crippen molar-refractivity contribution in [2.45, 2.75) is 6.92 Å². The maximum absolute atomic E-state index is 5.91. The summed E-state index contributed by atoms with van der Waals surface area (Å²) in [6, 6.07) is 5.70. The summed E-state index contributed by atoms with van der Waals surface area (Å²) in [6.07, 6.45) is 1.78. The highest BCUT2D eigenvalue weighted by molar-refractivity contribution is 5.96. The zero-order valence-electron chi connectivity index (χ0n) is 10.1. The van der Waals surface area contributed by atoms with Gasteiger partial charge in [0, 0.05) is 35.5 Å². The Hall–Kier alpha value is -1.81. The van der Waals surface area contributed by atoms with Crippen LogP contribution >= 0.6 is 0 Å². The minimum atomic E-state index is 0.525. The molecule has 0 fully saturated rings. The lowest BCUT2D eigenvalue weighted by molar-refractivity contribution is 0.147. The summed E-state index contributed by atoms with van der Waals surface area (Å²) in [5.74, 6) is 0.816. The molecule has 0 unspecified atom stereocenters. The second-order valence-electron chi connectivity index (χ2n) is 3.87. The molecule has 0 aliphatic rings. The van der Waals surface area contributed by atoms with Crippen LogP contribution in [0.25, 0.3) is 10.8 Å². The van der Waals surface area contributed by atoms with Crippen molar-refractivity contribution in [3.8, 4) is 5.75 Å². The molecule has 0 amide bonds. The van der Waals surface area contributed by atoms with Crippen molar-refractivity contribution in [3.05, 3.63) is 30.1 Å². The number of hydrogen-bond acceptors (Lipinski definition) is 4. The number of nitrogens with zero attached hydrogens (tertiary/aromatic N) is 1. The lowest BCUT2D eigenvalue weighted by Crippen LogP contribution is -2.05. The highest BCUT2D eigenvalue weighted by Gasteiger charge is 2.06. The van der Waals surface area contributed by atoms with Gasteiger partial charge in [0.25, 0.3) is 0 Å². The monoisotopic (exact) mass is 232 g/mol. The molecule has 90 valence electrons. The maximum atomic E-state index is 5.91. The Balaban J connectivity index is 2.41. The van der Waals surface area contributed by atoms with Crippen LogP contribution in [-0.4, -0.2) is 25.3 Å². The summed E-state index contributed by atoms with van der Waals surface area (Å²) in [4.78, 5) is 4.25. The molecule has 4 heteroatoms. The maximum Gasteiger partial charge on any atom is 0.127 e. The van der Waals surface area contributed by atoms with Gasteiger partial charge in [-0.25, -0.2) is 0 Å². The van der Waals surface area contributed by atoms with Gasteiger partial charge < -0.3 is 15.2 Å². The van der Waals surface area contributed by atoms with Crippen LogP contribution in [0.5, 0.6) is 5.75 Å². The molecule has 2 rings (SSSR count). The van der Waals surface area contributed by atoms with Gasteiger partial charge in [0.05, 0.1) is 6.61 Å². The molecule has 0 saturated carbocycles. The van der Waals surface area contributed by atoms with Crippen molar-refractivity contribution in [1.29, 1.82) is 0 Å². The Labute approximate surface area is 100 Å². The third kappa shape index (κ3) is 2.47. The molecule has 1 heterocycles. The van der Waals surface area contributed by atoms with Crippen LogP contribution in [0.3, 0.4) is 0 Å². The Morgan fingerprint density at radius 2 is 2.06 bits per heavy atom. The third-order valence-electron chi connectivity index (χ3n) is 2.58. The molecule has 4 nitrogen and oxygen atoms in total. The van der Waals surface area contributed by atoms with E-state index >= 15 is 0 Å². The lowest BCUT2D eigenvalue weighted by atomic mass is 10.1. The highest BCUT2D eigenvalue weighted by Crippen LogP contribution is 2.29. The number of aromatic nitrogens is 1. The topological polar surface area (TPSA) is 57.4 Å². The first kappa shape index (κ1) is 11.7. The Morgan fingerprint density at radius 1 is 1.24 bits per heavy atom. The standard InChI is InChI=1S/C13H16N2O2/c1-9-7-10-11(8-15-9)12(14)3-4-13(10)17-6-5-16-2/h3-4,7-8H,5-6,14H2,1-2H3. The number of ether oxygens (including phenoxy) is 2. The van der Waals surface area contributed by atoms with Gasteiger partial charge in [0.1, 0.15) is 12.4 Å². The summed E-state index contributed by atoms with van der Waals surface area (Å²) in [7, 11) is 1.65. The van der Waals surface area contributed by atoms with E-state index < -0.39 is 0 Å². The van der Waals surface area contributed by atoms with E-state index in [1.165, 1.54) is 0 Å². The van der Waals surface area contributed by atoms with Crippen LogP contribution < -0.4 is 10.5 Å². The number of fused-ring (bicyclic) bond motifs is 1. The molecule has 0 aliphatic carbocycles. The van der Waals surface area contributed by atoms with Crippen molar-refractivity contribution in [2.24, 2.45) is 0 Å². The molecule has 0 radical (unpaired) electrons. The second kappa shape index (κ2) is 5.01. The molecular weight excluding hydrogens is 216 g/mol. The second-order valence-corrected chi connectivity index (χ2v) is 3.87. The van der Waals surface area contributed by atoms with Gasteiger partial charge in [-0.15, -0.1) is 0 Å². The van der Waals surface area contributed by atoms with Gasteiger partial charge in [-0.1, -0.05) is 0 Å². The van der Waals surface area contributed by atoms with Crippen molar-refractivity contribution < 1.29 is 9.47 Å². The fourth-order valence-electron chi connectivity index (χ4n) is 1.70. The number of aryl methyl sites for hydroxylation is 1. The van der Waals surface area contributed by atoms with Crippen LogP contribution in [0.4, 0.5) is 5.69 Å². The van der Waals surface area contributed by atoms with E-state index in [0.29, 0.717) is 18.9 Å². The normalized spacial score (nSPS) is 10.7. The van der Waals surface area contributed by atoms with E-state index in [1.54, 1.807) is 13.3 Å². The van der Waals surface area contributed by atoms with E-state index in [1.807, 2.05) is 25.1 Å². The Kier molecular flexibility index (Phi) is 3.44. The zero-order valence-corrected chi connectivity index (χ0v) is 10.1. The van der Waals surface area contributed by atoms with Crippen LogP contribution in [-0.2, 0) is 4.74 Å². The highest BCUT2D eigenvalue weighted by atomic mass is 16.5. The van der Waals surface area contributed by atoms with Gasteiger partial charge >= 0.3 is 0 Å². The number of nitrogen functional groups attached to an aromatic ring is 1. The van der Waals surface area contributed by atoms with E-state index in [-0.39, 0.29) is 0 Å². The van der Waals surface area contributed by atoms with Gasteiger partial charge in [0.15, 0.2) is 0 Å². The molecule has 0 saturated heterocycles. The Morgan fingerprint density at radius 3 is 2.82 bits per heavy atom. The Bertz CT molecular complexity index is 526. The van der Waals surface area contributed by atoms with Crippen LogP contribution in [0.2, 0.25) is 0 Å². The molecular formula is C13H16N2O2. The van der Waals surface area contributed by atoms with Crippen LogP contribution in [0.15, 0.2) is 24.4 Å². The quantitative estimate of drug-likeness (QED) is 0.648. The van der Waals surface area contributed by atoms with Crippen molar-refractivity contribution >= 4 is 16.5 Å². The first-order valence-corrected chi connectivity index (χ1v) is 5.49. The van der Waals surface area contributed by atoms with E-state index in [0.717, 1.165) is 22.2 Å². The number of hydrogen-bond donors (Lipinski definition) is 1. The summed E-state index contributed by atoms with van der Waals surface area (Å²) in [5, 5.41) is 1.92. The van der Waals surface area contributed by atoms with E-state index in [4.69, 9.17) is 15.2 Å². The average Bonchev–Trinajstić information content (AvgIpc) is 2.32. The predicted molar refractivity (Wildman–Crippen MR) is 68.3 cm³/mol. The molecule has 2 N–H and O–H groups in total. The van der Waals surface area contributed by atoms with E-state index in [9.17, 15) is 0 Å². The van der Waals surface area contributed by atoms with Gasteiger partial charge in [-0.2, -0.15) is 0 Å². The number of anilines is 1. The number of benzene rings is 1. The number of rotatable bonds is 4. The van der Waals surface area contributed by atoms with Crippen molar-refractivity contribution in [2.75, 3.05) is 26.1 Å². The van der Waals surface area contributed by atoms with Crippen molar-refractivity contribution in [3.63, 3.8) is 0 Å². The summed E-state index contributed by atoms with van der Waals surface area (Å²) >= 11 is 0. The summed E-state index contributed by atoms with van der Waals surface area (Å²) in [6.45, 7) is 3.04. The molecule has 0 atom stereocenters. The fraction of sp³-hybridized carbons (Fsp3) is 0.308. The molecule has 0 aliphatic heterocycles.